The van der Waals surface area contributed by atoms with E-state index in [-0.39, 0.29) is 11.3 Å². The van der Waals surface area contributed by atoms with E-state index >= 15 is 0 Å². The molecule has 1 aliphatic heterocycles. The second kappa shape index (κ2) is 7.28. The minimum atomic E-state index is 0.131. The van der Waals surface area contributed by atoms with Gasteiger partial charge in [-0.05, 0) is 55.0 Å². The molecule has 122 valence electrons. The predicted octanol–water partition coefficient (Wildman–Crippen LogP) is 3.45. The van der Waals surface area contributed by atoms with Gasteiger partial charge in [0, 0.05) is 18.7 Å². The molecule has 1 fully saturated rings. The third-order valence-corrected chi connectivity index (χ3v) is 4.58. The summed E-state index contributed by atoms with van der Waals surface area (Å²) in [6.07, 6.45) is 2.22. The highest BCUT2D eigenvalue weighted by atomic mass is 16.2. The van der Waals surface area contributed by atoms with Crippen LogP contribution in [0.25, 0.3) is 0 Å². The maximum atomic E-state index is 12.6. The van der Waals surface area contributed by atoms with Crippen molar-refractivity contribution in [3.05, 3.63) is 35.4 Å². The lowest BCUT2D eigenvalue weighted by Gasteiger charge is -2.32. The van der Waals surface area contributed by atoms with Gasteiger partial charge in [-0.2, -0.15) is 0 Å². The molecule has 0 unspecified atom stereocenters. The van der Waals surface area contributed by atoms with Crippen molar-refractivity contribution in [2.45, 2.75) is 46.0 Å². The number of likely N-dealkylation sites (tertiary alicyclic amines) is 1. The van der Waals surface area contributed by atoms with Gasteiger partial charge in [-0.1, -0.05) is 39.8 Å². The highest BCUT2D eigenvalue weighted by Crippen LogP contribution is 2.23. The molecule has 1 aliphatic rings. The van der Waals surface area contributed by atoms with Gasteiger partial charge in [0.25, 0.3) is 5.91 Å². The van der Waals surface area contributed by atoms with E-state index in [2.05, 4.69) is 45.1 Å². The van der Waals surface area contributed by atoms with Crippen LogP contribution in [0, 0.1) is 5.92 Å². The molecule has 1 N–H and O–H groups in total. The van der Waals surface area contributed by atoms with Gasteiger partial charge in [-0.3, -0.25) is 4.79 Å². The maximum absolute atomic E-state index is 12.6. The Morgan fingerprint density at radius 1 is 1.18 bits per heavy atom. The monoisotopic (exact) mass is 302 g/mol. The average Bonchev–Trinajstić information content (AvgIpc) is 2.52. The Hall–Kier alpha value is -1.35. The van der Waals surface area contributed by atoms with Gasteiger partial charge in [0.15, 0.2) is 0 Å². The molecule has 3 nitrogen and oxygen atoms in total. The number of nitrogens with zero attached hydrogens (tertiary/aromatic N) is 1. The lowest BCUT2D eigenvalue weighted by molar-refractivity contribution is 0.0690. The number of carbonyl (C=O) groups excluding carboxylic acids is 1. The Balaban J connectivity index is 1.92. The van der Waals surface area contributed by atoms with Gasteiger partial charge < -0.3 is 10.2 Å². The molecule has 0 aromatic heterocycles. The summed E-state index contributed by atoms with van der Waals surface area (Å²) in [4.78, 5) is 14.6. The Morgan fingerprint density at radius 2 is 1.77 bits per heavy atom. The number of hydrogen-bond acceptors (Lipinski definition) is 2. The summed E-state index contributed by atoms with van der Waals surface area (Å²) in [6, 6.07) is 8.14. The molecular weight excluding hydrogens is 272 g/mol. The van der Waals surface area contributed by atoms with Gasteiger partial charge in [0.05, 0.1) is 0 Å². The van der Waals surface area contributed by atoms with E-state index in [4.69, 9.17) is 0 Å². The number of rotatable bonds is 4. The molecule has 0 aliphatic carbocycles. The van der Waals surface area contributed by atoms with Crippen molar-refractivity contribution in [2.24, 2.45) is 5.92 Å². The quantitative estimate of drug-likeness (QED) is 0.924. The van der Waals surface area contributed by atoms with Crippen molar-refractivity contribution in [1.29, 1.82) is 0 Å². The number of carbonyl (C=O) groups is 1. The molecule has 0 radical (unpaired) electrons. The first kappa shape index (κ1) is 17.0. The van der Waals surface area contributed by atoms with E-state index in [9.17, 15) is 4.79 Å². The van der Waals surface area contributed by atoms with Gasteiger partial charge >= 0.3 is 0 Å². The fraction of sp³-hybridized carbons (Fsp3) is 0.632. The lowest BCUT2D eigenvalue weighted by atomic mass is 9.86. The van der Waals surface area contributed by atoms with Crippen molar-refractivity contribution >= 4 is 5.91 Å². The lowest BCUT2D eigenvalue weighted by Crippen LogP contribution is -2.40. The van der Waals surface area contributed by atoms with Crippen LogP contribution in [-0.4, -0.2) is 37.0 Å². The number of benzene rings is 1. The molecule has 22 heavy (non-hydrogen) atoms. The van der Waals surface area contributed by atoms with Crippen molar-refractivity contribution in [3.63, 3.8) is 0 Å². The zero-order valence-corrected chi connectivity index (χ0v) is 14.5. The first-order valence-electron chi connectivity index (χ1n) is 8.52. The van der Waals surface area contributed by atoms with E-state index < -0.39 is 0 Å². The summed E-state index contributed by atoms with van der Waals surface area (Å²) in [5.74, 6) is 0.898. The SMILES string of the molecule is CCNCC1CCN(C(=O)c2ccc(C(C)(C)C)cc2)CC1. The van der Waals surface area contributed by atoms with Crippen LogP contribution in [0.3, 0.4) is 0 Å². The number of hydrogen-bond donors (Lipinski definition) is 1. The summed E-state index contributed by atoms with van der Waals surface area (Å²) in [7, 11) is 0. The van der Waals surface area contributed by atoms with E-state index in [1.807, 2.05) is 17.0 Å². The third-order valence-electron chi connectivity index (χ3n) is 4.58. The fourth-order valence-corrected chi connectivity index (χ4v) is 2.98. The Labute approximate surface area is 135 Å². The van der Waals surface area contributed by atoms with Crippen LogP contribution in [0.15, 0.2) is 24.3 Å². The van der Waals surface area contributed by atoms with Gasteiger partial charge in [-0.15, -0.1) is 0 Å². The second-order valence-electron chi connectivity index (χ2n) is 7.37. The Kier molecular flexibility index (Phi) is 5.63. The topological polar surface area (TPSA) is 32.3 Å². The van der Waals surface area contributed by atoms with Crippen LogP contribution in [0.5, 0.6) is 0 Å². The smallest absolute Gasteiger partial charge is 0.253 e. The minimum absolute atomic E-state index is 0.131. The van der Waals surface area contributed by atoms with Crippen LogP contribution in [0.4, 0.5) is 0 Å². The number of amides is 1. The first-order chi connectivity index (χ1) is 10.4. The molecule has 1 aromatic rings. The van der Waals surface area contributed by atoms with Crippen LogP contribution in [0.2, 0.25) is 0 Å². The molecular formula is C19H30N2O. The molecule has 3 heteroatoms. The molecule has 0 bridgehead atoms. The van der Waals surface area contributed by atoms with Crippen molar-refractivity contribution in [3.8, 4) is 0 Å². The first-order valence-corrected chi connectivity index (χ1v) is 8.52. The van der Waals surface area contributed by atoms with Crippen LogP contribution >= 0.6 is 0 Å². The highest BCUT2D eigenvalue weighted by Gasteiger charge is 2.23. The molecule has 2 rings (SSSR count). The number of piperidine rings is 1. The van der Waals surface area contributed by atoms with E-state index in [1.165, 1.54) is 5.56 Å². The summed E-state index contributed by atoms with van der Waals surface area (Å²) in [5, 5.41) is 3.41. The van der Waals surface area contributed by atoms with E-state index in [0.29, 0.717) is 5.92 Å². The summed E-state index contributed by atoms with van der Waals surface area (Å²) >= 11 is 0. The molecule has 0 spiro atoms. The van der Waals surface area contributed by atoms with Crippen LogP contribution in [-0.2, 0) is 5.41 Å². The van der Waals surface area contributed by atoms with Gasteiger partial charge in [0.1, 0.15) is 0 Å². The average molecular weight is 302 g/mol. The van der Waals surface area contributed by atoms with Crippen molar-refractivity contribution in [1.82, 2.24) is 10.2 Å². The zero-order chi connectivity index (χ0) is 16.2. The molecule has 1 heterocycles. The third kappa shape index (κ3) is 4.33. The molecule has 0 saturated carbocycles. The fourth-order valence-electron chi connectivity index (χ4n) is 2.98. The van der Waals surface area contributed by atoms with Gasteiger partial charge in [-0.25, -0.2) is 0 Å². The molecule has 1 amide bonds. The standard InChI is InChI=1S/C19H30N2O/c1-5-20-14-15-10-12-21(13-11-15)18(22)16-6-8-17(9-7-16)19(2,3)4/h6-9,15,20H,5,10-14H2,1-4H3. The van der Waals surface area contributed by atoms with E-state index in [0.717, 1.165) is 44.6 Å². The molecule has 1 aromatic carbocycles. The maximum Gasteiger partial charge on any atom is 0.253 e. The summed E-state index contributed by atoms with van der Waals surface area (Å²) < 4.78 is 0. The highest BCUT2D eigenvalue weighted by molar-refractivity contribution is 5.94. The Morgan fingerprint density at radius 3 is 2.27 bits per heavy atom. The van der Waals surface area contributed by atoms with Gasteiger partial charge in [0.2, 0.25) is 0 Å². The van der Waals surface area contributed by atoms with Crippen molar-refractivity contribution < 1.29 is 4.79 Å². The molecule has 0 atom stereocenters. The van der Waals surface area contributed by atoms with Crippen molar-refractivity contribution in [2.75, 3.05) is 26.2 Å². The van der Waals surface area contributed by atoms with E-state index in [1.54, 1.807) is 0 Å². The minimum Gasteiger partial charge on any atom is -0.339 e. The normalized spacial score (nSPS) is 16.8. The summed E-state index contributed by atoms with van der Waals surface area (Å²) in [6.45, 7) is 12.6. The van der Waals surface area contributed by atoms with Crippen LogP contribution in [0.1, 0.15) is 56.5 Å². The number of nitrogens with one attached hydrogen (secondary N) is 1. The second-order valence-corrected chi connectivity index (χ2v) is 7.37. The zero-order valence-electron chi connectivity index (χ0n) is 14.5. The van der Waals surface area contributed by atoms with Crippen LogP contribution < -0.4 is 5.32 Å². The summed E-state index contributed by atoms with van der Waals surface area (Å²) in [5.41, 5.74) is 2.22. The Bertz CT molecular complexity index is 479. The predicted molar refractivity (Wildman–Crippen MR) is 92.3 cm³/mol. The molecule has 1 saturated heterocycles. The largest absolute Gasteiger partial charge is 0.339 e.